The fourth-order valence-corrected chi connectivity index (χ4v) is 4.63. The maximum absolute atomic E-state index is 13.2. The first-order valence-electron chi connectivity index (χ1n) is 9.88. The van der Waals surface area contributed by atoms with Gasteiger partial charge in [0.2, 0.25) is 5.89 Å². The Morgan fingerprint density at radius 1 is 1.13 bits per heavy atom. The van der Waals surface area contributed by atoms with E-state index in [1.807, 2.05) is 24.3 Å². The minimum Gasteiger partial charge on any atom is -0.478 e. The number of hydrogen-bond donors (Lipinski definition) is 1. The molecule has 0 fully saturated rings. The van der Waals surface area contributed by atoms with Crippen LogP contribution in [0.25, 0.3) is 11.5 Å². The van der Waals surface area contributed by atoms with Gasteiger partial charge in [0.1, 0.15) is 6.26 Å². The topological polar surface area (TPSA) is 101 Å². The van der Waals surface area contributed by atoms with Crippen LogP contribution in [0.1, 0.15) is 49.2 Å². The molecule has 164 valence electrons. The van der Waals surface area contributed by atoms with Crippen molar-refractivity contribution in [3.05, 3.63) is 65.4 Å². The summed E-state index contributed by atoms with van der Waals surface area (Å²) in [7, 11) is -4.02. The van der Waals surface area contributed by atoms with Gasteiger partial charge >= 0.3 is 5.97 Å². The van der Waals surface area contributed by atoms with Crippen molar-refractivity contribution >= 4 is 21.8 Å². The first-order chi connectivity index (χ1) is 14.4. The van der Waals surface area contributed by atoms with E-state index >= 15 is 0 Å². The summed E-state index contributed by atoms with van der Waals surface area (Å²) in [5.41, 5.74) is 2.33. The number of oxazole rings is 1. The average Bonchev–Trinajstić information content (AvgIpc) is 3.17. The van der Waals surface area contributed by atoms with E-state index < -0.39 is 16.0 Å². The SMILES string of the molecule is CCN(c1coc(-c2ccc(C(C)(C)C)cc2)n1)S(=O)(=O)c1ccc(C)c(C(=O)O)c1. The third kappa shape index (κ3) is 4.49. The molecule has 8 heteroatoms. The van der Waals surface area contributed by atoms with Crippen molar-refractivity contribution in [2.75, 3.05) is 10.8 Å². The number of sulfonamides is 1. The maximum Gasteiger partial charge on any atom is 0.335 e. The lowest BCUT2D eigenvalue weighted by Crippen LogP contribution is -2.31. The summed E-state index contributed by atoms with van der Waals surface area (Å²) < 4.78 is 33.1. The number of aryl methyl sites for hydroxylation is 1. The zero-order valence-corrected chi connectivity index (χ0v) is 19.0. The molecule has 1 heterocycles. The fourth-order valence-electron chi connectivity index (χ4n) is 3.20. The molecule has 0 bridgehead atoms. The Morgan fingerprint density at radius 3 is 2.32 bits per heavy atom. The van der Waals surface area contributed by atoms with Crippen LogP contribution in [-0.4, -0.2) is 31.0 Å². The van der Waals surface area contributed by atoms with Crippen LogP contribution in [0.5, 0.6) is 0 Å². The lowest BCUT2D eigenvalue weighted by atomic mass is 9.87. The molecular formula is C23H26N2O5S. The molecule has 0 saturated heterocycles. The lowest BCUT2D eigenvalue weighted by Gasteiger charge is -2.20. The molecule has 1 N–H and O–H groups in total. The second-order valence-corrected chi connectivity index (χ2v) is 10.2. The van der Waals surface area contributed by atoms with Crippen molar-refractivity contribution in [3.63, 3.8) is 0 Å². The van der Waals surface area contributed by atoms with Crippen molar-refractivity contribution in [2.24, 2.45) is 0 Å². The van der Waals surface area contributed by atoms with Gasteiger partial charge < -0.3 is 9.52 Å². The largest absolute Gasteiger partial charge is 0.478 e. The standard InChI is InChI=1S/C23H26N2O5S/c1-6-25(31(28,29)18-12-7-15(2)19(13-18)22(26)27)20-14-30-21(24-20)16-8-10-17(11-9-16)23(3,4)5/h7-14H,6H2,1-5H3,(H,26,27). The molecule has 3 rings (SSSR count). The van der Waals surface area contributed by atoms with Gasteiger partial charge in [-0.1, -0.05) is 39.0 Å². The van der Waals surface area contributed by atoms with Crippen LogP contribution in [0.4, 0.5) is 5.82 Å². The Bertz CT molecular complexity index is 1210. The van der Waals surface area contributed by atoms with E-state index in [2.05, 4.69) is 25.8 Å². The van der Waals surface area contributed by atoms with Gasteiger partial charge in [0, 0.05) is 12.1 Å². The van der Waals surface area contributed by atoms with Crippen LogP contribution in [0.2, 0.25) is 0 Å². The predicted molar refractivity (Wildman–Crippen MR) is 119 cm³/mol. The molecule has 0 atom stereocenters. The zero-order chi connectivity index (χ0) is 23.0. The third-order valence-electron chi connectivity index (χ3n) is 5.06. The van der Waals surface area contributed by atoms with Crippen molar-refractivity contribution in [2.45, 2.75) is 44.9 Å². The monoisotopic (exact) mass is 442 g/mol. The van der Waals surface area contributed by atoms with E-state index in [9.17, 15) is 18.3 Å². The number of nitrogens with zero attached hydrogens (tertiary/aromatic N) is 2. The summed E-state index contributed by atoms with van der Waals surface area (Å²) in [6.45, 7) is 9.76. The molecule has 0 aliphatic rings. The first-order valence-corrected chi connectivity index (χ1v) is 11.3. The number of aromatic carboxylic acids is 1. The molecule has 2 aromatic carbocycles. The van der Waals surface area contributed by atoms with Crippen molar-refractivity contribution < 1.29 is 22.7 Å². The zero-order valence-electron chi connectivity index (χ0n) is 18.2. The molecule has 0 saturated carbocycles. The highest BCUT2D eigenvalue weighted by Crippen LogP contribution is 2.29. The van der Waals surface area contributed by atoms with Crippen LogP contribution in [0.3, 0.4) is 0 Å². The fraction of sp³-hybridized carbons (Fsp3) is 0.304. The summed E-state index contributed by atoms with van der Waals surface area (Å²) >= 11 is 0. The molecule has 0 aliphatic heterocycles. The number of carboxylic acid groups (broad SMARTS) is 1. The molecular weight excluding hydrogens is 416 g/mol. The van der Waals surface area contributed by atoms with Crippen LogP contribution < -0.4 is 4.31 Å². The van der Waals surface area contributed by atoms with E-state index in [1.165, 1.54) is 24.5 Å². The number of anilines is 1. The quantitative estimate of drug-likeness (QED) is 0.585. The molecule has 0 spiro atoms. The number of carboxylic acids is 1. The molecule has 0 amide bonds. The Balaban J connectivity index is 1.96. The van der Waals surface area contributed by atoms with E-state index in [0.29, 0.717) is 11.5 Å². The molecule has 0 aliphatic carbocycles. The van der Waals surface area contributed by atoms with Gasteiger partial charge in [0.25, 0.3) is 10.0 Å². The molecule has 0 radical (unpaired) electrons. The van der Waals surface area contributed by atoms with E-state index in [0.717, 1.165) is 15.4 Å². The van der Waals surface area contributed by atoms with Gasteiger partial charge in [0.05, 0.1) is 10.5 Å². The third-order valence-corrected chi connectivity index (χ3v) is 6.94. The maximum atomic E-state index is 13.2. The Hall–Kier alpha value is -3.13. The summed E-state index contributed by atoms with van der Waals surface area (Å²) in [4.78, 5) is 15.7. The Kier molecular flexibility index (Phi) is 5.96. The van der Waals surface area contributed by atoms with Gasteiger partial charge in [-0.05, 0) is 54.7 Å². The average molecular weight is 443 g/mol. The van der Waals surface area contributed by atoms with Crippen LogP contribution in [-0.2, 0) is 15.4 Å². The van der Waals surface area contributed by atoms with Crippen molar-refractivity contribution in [1.29, 1.82) is 0 Å². The van der Waals surface area contributed by atoms with E-state index in [1.54, 1.807) is 13.8 Å². The highest BCUT2D eigenvalue weighted by molar-refractivity contribution is 7.92. The van der Waals surface area contributed by atoms with Crippen molar-refractivity contribution in [3.8, 4) is 11.5 Å². The molecule has 3 aromatic rings. The van der Waals surface area contributed by atoms with Crippen molar-refractivity contribution in [1.82, 2.24) is 4.98 Å². The Labute approximate surface area is 182 Å². The van der Waals surface area contributed by atoms with E-state index in [-0.39, 0.29) is 28.2 Å². The molecule has 0 unspecified atom stereocenters. The van der Waals surface area contributed by atoms with Crippen LogP contribution >= 0.6 is 0 Å². The summed E-state index contributed by atoms with van der Waals surface area (Å²) in [6, 6.07) is 11.8. The van der Waals surface area contributed by atoms with Crippen LogP contribution in [0, 0.1) is 6.92 Å². The van der Waals surface area contributed by atoms with E-state index in [4.69, 9.17) is 4.42 Å². The number of carbonyl (C=O) groups is 1. The number of rotatable bonds is 6. The molecule has 7 nitrogen and oxygen atoms in total. The van der Waals surface area contributed by atoms with Gasteiger partial charge in [0.15, 0.2) is 5.82 Å². The lowest BCUT2D eigenvalue weighted by molar-refractivity contribution is 0.0696. The number of aromatic nitrogens is 1. The van der Waals surface area contributed by atoms with Gasteiger partial charge in [-0.25, -0.2) is 17.5 Å². The summed E-state index contributed by atoms with van der Waals surface area (Å²) in [5.74, 6) is -0.742. The number of benzene rings is 2. The van der Waals surface area contributed by atoms with Gasteiger partial charge in [-0.2, -0.15) is 4.98 Å². The molecule has 1 aromatic heterocycles. The normalized spacial score (nSPS) is 12.0. The minimum absolute atomic E-state index is 0.0101. The van der Waals surface area contributed by atoms with Gasteiger partial charge in [-0.3, -0.25) is 0 Å². The first kappa shape index (κ1) is 22.6. The second kappa shape index (κ2) is 8.19. The smallest absolute Gasteiger partial charge is 0.335 e. The summed E-state index contributed by atoms with van der Waals surface area (Å²) in [5, 5.41) is 9.33. The Morgan fingerprint density at radius 2 is 1.77 bits per heavy atom. The summed E-state index contributed by atoms with van der Waals surface area (Å²) in [6.07, 6.45) is 1.29. The minimum atomic E-state index is -4.02. The highest BCUT2D eigenvalue weighted by Gasteiger charge is 2.28. The van der Waals surface area contributed by atoms with Gasteiger partial charge in [-0.15, -0.1) is 0 Å². The molecule has 31 heavy (non-hydrogen) atoms. The highest BCUT2D eigenvalue weighted by atomic mass is 32.2. The number of hydrogen-bond acceptors (Lipinski definition) is 5. The predicted octanol–water partition coefficient (Wildman–Crippen LogP) is 4.86. The van der Waals surface area contributed by atoms with Crippen LogP contribution in [0.15, 0.2) is 58.0 Å². The second-order valence-electron chi connectivity index (χ2n) is 8.29.